The third-order valence-electron chi connectivity index (χ3n) is 4.87. The fourth-order valence-corrected chi connectivity index (χ4v) is 3.45. The molecule has 0 unspecified atom stereocenters. The fourth-order valence-electron chi connectivity index (χ4n) is 3.45. The lowest BCUT2D eigenvalue weighted by Gasteiger charge is -2.26. The topological polar surface area (TPSA) is 59.9 Å². The summed E-state index contributed by atoms with van der Waals surface area (Å²) >= 11 is 0. The summed E-state index contributed by atoms with van der Waals surface area (Å²) < 4.78 is 18.9. The molecule has 1 aromatic carbocycles. The molecule has 0 amide bonds. The molecule has 0 radical (unpaired) electrons. The minimum Gasteiger partial charge on any atom is -0.494 e. The molecule has 1 N–H and O–H groups in total. The van der Waals surface area contributed by atoms with Crippen LogP contribution in [0.1, 0.15) is 35.7 Å². The third-order valence-corrected chi connectivity index (χ3v) is 4.87. The Labute approximate surface area is 157 Å². The van der Waals surface area contributed by atoms with E-state index in [1.54, 1.807) is 18.5 Å². The molecule has 138 valence electrons. The van der Waals surface area contributed by atoms with E-state index in [2.05, 4.69) is 15.3 Å². The number of hydrogen-bond acceptors (Lipinski definition) is 5. The van der Waals surface area contributed by atoms with Crippen LogP contribution >= 0.6 is 0 Å². The first-order valence-electron chi connectivity index (χ1n) is 9.06. The van der Waals surface area contributed by atoms with E-state index in [0.717, 1.165) is 41.6 Å². The minimum absolute atomic E-state index is 0.168. The maximum absolute atomic E-state index is 13.9. The Morgan fingerprint density at radius 1 is 1.26 bits per heavy atom. The van der Waals surface area contributed by atoms with E-state index in [1.165, 1.54) is 13.2 Å². The van der Waals surface area contributed by atoms with Gasteiger partial charge in [-0.25, -0.2) is 14.4 Å². The van der Waals surface area contributed by atoms with E-state index in [4.69, 9.17) is 9.72 Å². The molecule has 1 atom stereocenters. The molecule has 1 aliphatic rings. The standard InChI is InChI=1S/C21H21FN4O/c1-27-20-8-7-14(10-17(20)22)11-24-18-5-2-6-19-16(18)13-25-21(26-19)15-4-3-9-23-12-15/h3-4,7-10,12-13,18,24H,2,5-6,11H2,1H3/t18-/m0/s1. The second kappa shape index (κ2) is 7.80. The van der Waals surface area contributed by atoms with Crippen molar-refractivity contribution in [3.8, 4) is 17.1 Å². The number of benzene rings is 1. The van der Waals surface area contributed by atoms with Crippen molar-refractivity contribution in [2.24, 2.45) is 0 Å². The van der Waals surface area contributed by atoms with Gasteiger partial charge < -0.3 is 10.1 Å². The van der Waals surface area contributed by atoms with E-state index in [0.29, 0.717) is 12.4 Å². The van der Waals surface area contributed by atoms with Gasteiger partial charge in [0.2, 0.25) is 0 Å². The zero-order valence-electron chi connectivity index (χ0n) is 15.2. The third kappa shape index (κ3) is 3.80. The summed E-state index contributed by atoms with van der Waals surface area (Å²) in [5.74, 6) is 0.628. The van der Waals surface area contributed by atoms with Crippen molar-refractivity contribution in [2.75, 3.05) is 7.11 Å². The number of nitrogens with one attached hydrogen (secondary N) is 1. The van der Waals surface area contributed by atoms with Crippen molar-refractivity contribution in [1.29, 1.82) is 0 Å². The van der Waals surface area contributed by atoms with Crippen LogP contribution in [0.3, 0.4) is 0 Å². The highest BCUT2D eigenvalue weighted by Gasteiger charge is 2.22. The molecule has 0 bridgehead atoms. The first kappa shape index (κ1) is 17.5. The van der Waals surface area contributed by atoms with Gasteiger partial charge in [0.25, 0.3) is 0 Å². The quantitative estimate of drug-likeness (QED) is 0.745. The van der Waals surface area contributed by atoms with Gasteiger partial charge in [0.05, 0.1) is 7.11 Å². The molecule has 0 spiro atoms. The van der Waals surface area contributed by atoms with Crippen LogP contribution in [0.2, 0.25) is 0 Å². The van der Waals surface area contributed by atoms with Crippen LogP contribution in [0.25, 0.3) is 11.4 Å². The SMILES string of the molecule is COc1ccc(CN[C@H]2CCCc3nc(-c4cccnc4)ncc32)cc1F. The van der Waals surface area contributed by atoms with Gasteiger partial charge in [-0.3, -0.25) is 4.98 Å². The molecule has 6 heteroatoms. The molecular formula is C21H21FN4O. The average molecular weight is 364 g/mol. The van der Waals surface area contributed by atoms with Crippen molar-refractivity contribution in [3.63, 3.8) is 0 Å². The van der Waals surface area contributed by atoms with Crippen LogP contribution in [0.5, 0.6) is 5.75 Å². The molecule has 0 saturated heterocycles. The number of hydrogen-bond donors (Lipinski definition) is 1. The summed E-state index contributed by atoms with van der Waals surface area (Å²) in [6.07, 6.45) is 8.45. The molecule has 2 heterocycles. The lowest BCUT2D eigenvalue weighted by molar-refractivity contribution is 0.385. The Bertz CT molecular complexity index is 933. The zero-order valence-corrected chi connectivity index (χ0v) is 15.2. The molecular weight excluding hydrogens is 343 g/mol. The summed E-state index contributed by atoms with van der Waals surface area (Å²) in [7, 11) is 1.47. The highest BCUT2D eigenvalue weighted by molar-refractivity contribution is 5.53. The highest BCUT2D eigenvalue weighted by atomic mass is 19.1. The first-order chi connectivity index (χ1) is 13.2. The van der Waals surface area contributed by atoms with E-state index < -0.39 is 0 Å². The lowest BCUT2D eigenvalue weighted by Crippen LogP contribution is -2.26. The number of pyridine rings is 1. The number of rotatable bonds is 5. The normalized spacial score (nSPS) is 16.0. The smallest absolute Gasteiger partial charge is 0.165 e. The van der Waals surface area contributed by atoms with Crippen LogP contribution in [-0.2, 0) is 13.0 Å². The maximum Gasteiger partial charge on any atom is 0.165 e. The molecule has 4 rings (SSSR count). The Hall–Kier alpha value is -2.86. The van der Waals surface area contributed by atoms with Gasteiger partial charge in [0.15, 0.2) is 17.4 Å². The number of fused-ring (bicyclic) bond motifs is 1. The fraction of sp³-hybridized carbons (Fsp3) is 0.286. The molecule has 27 heavy (non-hydrogen) atoms. The number of nitrogens with zero attached hydrogens (tertiary/aromatic N) is 3. The molecule has 2 aromatic heterocycles. The van der Waals surface area contributed by atoms with Crippen molar-refractivity contribution in [3.05, 3.63) is 71.6 Å². The number of aryl methyl sites for hydroxylation is 1. The van der Waals surface area contributed by atoms with Crippen LogP contribution in [0.15, 0.2) is 48.9 Å². The van der Waals surface area contributed by atoms with E-state index in [1.807, 2.05) is 24.4 Å². The van der Waals surface area contributed by atoms with Crippen molar-refractivity contribution in [2.45, 2.75) is 31.8 Å². The van der Waals surface area contributed by atoms with Crippen LogP contribution in [0, 0.1) is 5.82 Å². The van der Waals surface area contributed by atoms with Gasteiger partial charge in [-0.2, -0.15) is 0 Å². The average Bonchev–Trinajstić information content (AvgIpc) is 2.72. The van der Waals surface area contributed by atoms with Crippen LogP contribution in [-0.4, -0.2) is 22.1 Å². The van der Waals surface area contributed by atoms with Crippen LogP contribution in [0.4, 0.5) is 4.39 Å². The Balaban J connectivity index is 1.51. The maximum atomic E-state index is 13.9. The predicted octanol–water partition coefficient (Wildman–Crippen LogP) is 3.85. The molecule has 5 nitrogen and oxygen atoms in total. The molecule has 0 fully saturated rings. The zero-order chi connectivity index (χ0) is 18.6. The molecule has 0 aliphatic heterocycles. The summed E-state index contributed by atoms with van der Waals surface area (Å²) in [5, 5.41) is 3.52. The molecule has 3 aromatic rings. The van der Waals surface area contributed by atoms with Crippen LogP contribution < -0.4 is 10.1 Å². The van der Waals surface area contributed by atoms with Gasteiger partial charge >= 0.3 is 0 Å². The molecule has 1 aliphatic carbocycles. The lowest BCUT2D eigenvalue weighted by atomic mass is 9.92. The number of halogens is 1. The molecule has 0 saturated carbocycles. The second-order valence-corrected chi connectivity index (χ2v) is 6.63. The van der Waals surface area contributed by atoms with Crippen molar-refractivity contribution < 1.29 is 9.13 Å². The van der Waals surface area contributed by atoms with Gasteiger partial charge in [-0.1, -0.05) is 6.07 Å². The Kier molecular flexibility index (Phi) is 5.07. The van der Waals surface area contributed by atoms with E-state index in [9.17, 15) is 4.39 Å². The monoisotopic (exact) mass is 364 g/mol. The van der Waals surface area contributed by atoms with Crippen molar-refractivity contribution in [1.82, 2.24) is 20.3 Å². The summed E-state index contributed by atoms with van der Waals surface area (Å²) in [6.45, 7) is 0.579. The highest BCUT2D eigenvalue weighted by Crippen LogP contribution is 2.30. The summed E-state index contributed by atoms with van der Waals surface area (Å²) in [4.78, 5) is 13.4. The van der Waals surface area contributed by atoms with Gasteiger partial charge in [-0.15, -0.1) is 0 Å². The second-order valence-electron chi connectivity index (χ2n) is 6.63. The minimum atomic E-state index is -0.342. The largest absolute Gasteiger partial charge is 0.494 e. The number of aromatic nitrogens is 3. The van der Waals surface area contributed by atoms with Crippen molar-refractivity contribution >= 4 is 0 Å². The summed E-state index contributed by atoms with van der Waals surface area (Å²) in [5.41, 5.74) is 4.01. The van der Waals surface area contributed by atoms with E-state index in [-0.39, 0.29) is 17.6 Å². The van der Waals surface area contributed by atoms with Gasteiger partial charge in [-0.05, 0) is 49.1 Å². The predicted molar refractivity (Wildman–Crippen MR) is 101 cm³/mol. The van der Waals surface area contributed by atoms with E-state index >= 15 is 0 Å². The van der Waals surface area contributed by atoms with Gasteiger partial charge in [0, 0.05) is 48.0 Å². The number of methoxy groups -OCH3 is 1. The number of ether oxygens (including phenoxy) is 1. The van der Waals surface area contributed by atoms with Gasteiger partial charge in [0.1, 0.15) is 0 Å². The summed E-state index contributed by atoms with van der Waals surface area (Å²) in [6, 6.07) is 9.06. The Morgan fingerprint density at radius 2 is 2.19 bits per heavy atom. The first-order valence-corrected chi connectivity index (χ1v) is 9.06. The Morgan fingerprint density at radius 3 is 2.96 bits per heavy atom.